The molecule has 0 aliphatic carbocycles. The van der Waals surface area contributed by atoms with Crippen LogP contribution in [-0.4, -0.2) is 23.1 Å². The van der Waals surface area contributed by atoms with Crippen molar-refractivity contribution in [2.75, 3.05) is 23.7 Å². The molecular weight excluding hydrogens is 267 g/mol. The second-order valence-corrected chi connectivity index (χ2v) is 4.92. The average molecular weight is 288 g/mol. The molecule has 0 fully saturated rings. The Morgan fingerprint density at radius 1 is 1.05 bits per heavy atom. The maximum atomic E-state index is 13.1. The van der Waals surface area contributed by atoms with Crippen molar-refractivity contribution in [3.63, 3.8) is 0 Å². The van der Waals surface area contributed by atoms with E-state index in [1.165, 1.54) is 6.07 Å². The van der Waals surface area contributed by atoms with Crippen molar-refractivity contribution in [1.82, 2.24) is 9.97 Å². The highest BCUT2D eigenvalue weighted by Gasteiger charge is 2.01. The normalized spacial score (nSPS) is 10.4. The Hall–Kier alpha value is -2.17. The molecule has 0 amide bonds. The van der Waals surface area contributed by atoms with Crippen molar-refractivity contribution >= 4 is 11.6 Å². The predicted octanol–water partition coefficient (Wildman–Crippen LogP) is 3.40. The number of hydrogen-bond donors (Lipinski definition) is 2. The van der Waals surface area contributed by atoms with Gasteiger partial charge in [-0.05, 0) is 37.5 Å². The average Bonchev–Trinajstić information content (AvgIpc) is 2.45. The number of hydrogen-bond acceptors (Lipinski definition) is 4. The summed E-state index contributed by atoms with van der Waals surface area (Å²) in [7, 11) is 0. The first-order valence-electron chi connectivity index (χ1n) is 7.25. The second-order valence-electron chi connectivity index (χ2n) is 4.92. The predicted molar refractivity (Wildman–Crippen MR) is 84.1 cm³/mol. The van der Waals surface area contributed by atoms with Gasteiger partial charge in [0.05, 0.1) is 0 Å². The molecule has 0 radical (unpaired) electrons. The third-order valence-corrected chi connectivity index (χ3v) is 3.00. The lowest BCUT2D eigenvalue weighted by Crippen LogP contribution is -2.09. The molecule has 0 atom stereocenters. The lowest BCUT2D eigenvalue weighted by Gasteiger charge is -2.09. The Morgan fingerprint density at radius 3 is 2.43 bits per heavy atom. The van der Waals surface area contributed by atoms with Crippen LogP contribution in [0.3, 0.4) is 0 Å². The molecule has 4 nitrogen and oxygen atoms in total. The van der Waals surface area contributed by atoms with Crippen LogP contribution in [0, 0.1) is 12.7 Å². The van der Waals surface area contributed by atoms with E-state index < -0.39 is 0 Å². The molecule has 1 heterocycles. The maximum Gasteiger partial charge on any atom is 0.131 e. The van der Waals surface area contributed by atoms with E-state index in [2.05, 4.69) is 27.5 Å². The van der Waals surface area contributed by atoms with Gasteiger partial charge in [0.1, 0.15) is 23.3 Å². The summed E-state index contributed by atoms with van der Waals surface area (Å²) in [5.41, 5.74) is 0.970. The highest BCUT2D eigenvalue weighted by molar-refractivity contribution is 5.47. The minimum Gasteiger partial charge on any atom is -0.370 e. The van der Waals surface area contributed by atoms with E-state index in [-0.39, 0.29) is 5.82 Å². The van der Waals surface area contributed by atoms with Crippen LogP contribution in [0.4, 0.5) is 16.0 Å². The van der Waals surface area contributed by atoms with Gasteiger partial charge in [-0.2, -0.15) is 0 Å². The number of anilines is 2. The minimum atomic E-state index is -0.198. The zero-order chi connectivity index (χ0) is 15.1. The van der Waals surface area contributed by atoms with Crippen LogP contribution in [0.1, 0.15) is 24.7 Å². The quantitative estimate of drug-likeness (QED) is 0.820. The van der Waals surface area contributed by atoms with E-state index in [0.717, 1.165) is 42.4 Å². The number of halogens is 1. The summed E-state index contributed by atoms with van der Waals surface area (Å²) in [6.07, 6.45) is 1.80. The van der Waals surface area contributed by atoms with Crippen LogP contribution in [0.5, 0.6) is 0 Å². The zero-order valence-electron chi connectivity index (χ0n) is 12.5. The monoisotopic (exact) mass is 288 g/mol. The fourth-order valence-corrected chi connectivity index (χ4v) is 2.03. The first kappa shape index (κ1) is 15.2. The molecule has 0 aliphatic heterocycles. The molecule has 2 aromatic rings. The summed E-state index contributed by atoms with van der Waals surface area (Å²) >= 11 is 0. The number of nitrogens with one attached hydrogen (secondary N) is 2. The van der Waals surface area contributed by atoms with Gasteiger partial charge in [-0.1, -0.05) is 19.1 Å². The Morgan fingerprint density at radius 2 is 1.76 bits per heavy atom. The van der Waals surface area contributed by atoms with Crippen LogP contribution < -0.4 is 10.6 Å². The lowest BCUT2D eigenvalue weighted by atomic mass is 10.1. The Bertz CT molecular complexity index is 586. The van der Waals surface area contributed by atoms with Crippen LogP contribution in [0.25, 0.3) is 0 Å². The summed E-state index contributed by atoms with van der Waals surface area (Å²) in [4.78, 5) is 8.69. The van der Waals surface area contributed by atoms with Gasteiger partial charge in [0, 0.05) is 19.2 Å². The Balaban J connectivity index is 1.91. The molecule has 21 heavy (non-hydrogen) atoms. The van der Waals surface area contributed by atoms with Gasteiger partial charge in [-0.25, -0.2) is 14.4 Å². The van der Waals surface area contributed by atoms with E-state index in [9.17, 15) is 4.39 Å². The molecule has 0 bridgehead atoms. The van der Waals surface area contributed by atoms with E-state index in [0.29, 0.717) is 6.54 Å². The summed E-state index contributed by atoms with van der Waals surface area (Å²) in [5.74, 6) is 2.15. The standard InChI is InChI=1S/C16H21FN4/c1-3-8-18-15-11-16(21-12(2)20-15)19-9-7-13-5-4-6-14(17)10-13/h4-6,10-11H,3,7-9H2,1-2H3,(H2,18,19,20,21). The number of benzene rings is 1. The van der Waals surface area contributed by atoms with Crippen molar-refractivity contribution in [3.8, 4) is 0 Å². The molecule has 0 saturated carbocycles. The molecule has 0 saturated heterocycles. The van der Waals surface area contributed by atoms with Crippen LogP contribution in [0.2, 0.25) is 0 Å². The molecule has 0 aliphatic rings. The number of rotatable bonds is 7. The highest BCUT2D eigenvalue weighted by atomic mass is 19.1. The van der Waals surface area contributed by atoms with E-state index in [1.54, 1.807) is 12.1 Å². The van der Waals surface area contributed by atoms with Crippen molar-refractivity contribution in [2.24, 2.45) is 0 Å². The Kier molecular flexibility index (Phi) is 5.49. The molecule has 1 aromatic carbocycles. The third-order valence-electron chi connectivity index (χ3n) is 3.00. The minimum absolute atomic E-state index is 0.198. The molecule has 5 heteroatoms. The van der Waals surface area contributed by atoms with Crippen LogP contribution in [0.15, 0.2) is 30.3 Å². The van der Waals surface area contributed by atoms with E-state index in [1.807, 2.05) is 19.1 Å². The van der Waals surface area contributed by atoms with Crippen molar-refractivity contribution in [2.45, 2.75) is 26.7 Å². The van der Waals surface area contributed by atoms with Gasteiger partial charge in [0.25, 0.3) is 0 Å². The fourth-order valence-electron chi connectivity index (χ4n) is 2.03. The number of aryl methyl sites for hydroxylation is 1. The van der Waals surface area contributed by atoms with Gasteiger partial charge in [0.15, 0.2) is 0 Å². The first-order valence-corrected chi connectivity index (χ1v) is 7.25. The molecule has 1 aromatic heterocycles. The summed E-state index contributed by atoms with van der Waals surface area (Å²) in [5, 5.41) is 6.51. The second kappa shape index (κ2) is 7.57. The van der Waals surface area contributed by atoms with Gasteiger partial charge in [-0.3, -0.25) is 0 Å². The van der Waals surface area contributed by atoms with E-state index >= 15 is 0 Å². The van der Waals surface area contributed by atoms with Gasteiger partial charge < -0.3 is 10.6 Å². The molecule has 2 N–H and O–H groups in total. The largest absolute Gasteiger partial charge is 0.370 e. The van der Waals surface area contributed by atoms with E-state index in [4.69, 9.17) is 0 Å². The number of nitrogens with zero attached hydrogens (tertiary/aromatic N) is 2. The molecule has 112 valence electrons. The van der Waals surface area contributed by atoms with Gasteiger partial charge >= 0.3 is 0 Å². The maximum absolute atomic E-state index is 13.1. The zero-order valence-corrected chi connectivity index (χ0v) is 12.5. The first-order chi connectivity index (χ1) is 10.2. The number of aromatic nitrogens is 2. The molecule has 0 unspecified atom stereocenters. The van der Waals surface area contributed by atoms with Crippen LogP contribution in [-0.2, 0) is 6.42 Å². The molecular formula is C16H21FN4. The fraction of sp³-hybridized carbons (Fsp3) is 0.375. The SMILES string of the molecule is CCCNc1cc(NCCc2cccc(F)c2)nc(C)n1. The van der Waals surface area contributed by atoms with Gasteiger partial charge in [-0.15, -0.1) is 0 Å². The Labute approximate surface area is 124 Å². The van der Waals surface area contributed by atoms with Gasteiger partial charge in [0.2, 0.25) is 0 Å². The summed E-state index contributed by atoms with van der Waals surface area (Å²) in [6, 6.07) is 8.56. The smallest absolute Gasteiger partial charge is 0.131 e. The van der Waals surface area contributed by atoms with Crippen molar-refractivity contribution in [3.05, 3.63) is 47.5 Å². The summed E-state index contributed by atoms with van der Waals surface area (Å²) < 4.78 is 13.1. The summed E-state index contributed by atoms with van der Waals surface area (Å²) in [6.45, 7) is 5.57. The molecule has 0 spiro atoms. The highest BCUT2D eigenvalue weighted by Crippen LogP contribution is 2.11. The third kappa shape index (κ3) is 5.02. The van der Waals surface area contributed by atoms with Crippen molar-refractivity contribution in [1.29, 1.82) is 0 Å². The molecule has 2 rings (SSSR count). The van der Waals surface area contributed by atoms with Crippen LogP contribution >= 0.6 is 0 Å². The topological polar surface area (TPSA) is 49.8 Å². The van der Waals surface area contributed by atoms with Crippen molar-refractivity contribution < 1.29 is 4.39 Å². The lowest BCUT2D eigenvalue weighted by molar-refractivity contribution is 0.625.